The van der Waals surface area contributed by atoms with E-state index < -0.39 is 0 Å². The maximum absolute atomic E-state index is 8.70. The maximum Gasteiger partial charge on any atom is 0.155 e. The molecule has 0 aliphatic carbocycles. The predicted octanol–water partition coefficient (Wildman–Crippen LogP) is 0.539. The van der Waals surface area contributed by atoms with Crippen molar-refractivity contribution in [3.8, 4) is 0 Å². The summed E-state index contributed by atoms with van der Waals surface area (Å²) >= 11 is 0. The van der Waals surface area contributed by atoms with Gasteiger partial charge in [0.25, 0.3) is 0 Å². The number of hydrogen-bond donors (Lipinski definition) is 1. The van der Waals surface area contributed by atoms with Crippen LogP contribution in [0.2, 0.25) is 0 Å². The van der Waals surface area contributed by atoms with E-state index >= 15 is 0 Å². The van der Waals surface area contributed by atoms with Gasteiger partial charge in [0.2, 0.25) is 0 Å². The van der Waals surface area contributed by atoms with Gasteiger partial charge in [-0.2, -0.15) is 0 Å². The molecule has 0 saturated carbocycles. The predicted molar refractivity (Wildman–Crippen MR) is 35.4 cm³/mol. The molecule has 54 valence electrons. The van der Waals surface area contributed by atoms with Crippen LogP contribution in [-0.2, 0) is 9.05 Å². The summed E-state index contributed by atoms with van der Waals surface area (Å²) in [5.74, 6) is 0.172. The molecule has 0 spiro atoms. The molecule has 4 heteroatoms. The molecule has 3 unspecified atom stereocenters. The van der Waals surface area contributed by atoms with Gasteiger partial charge in [-0.3, -0.25) is 0 Å². The highest BCUT2D eigenvalue weighted by Crippen LogP contribution is 2.27. The molecular weight excluding hydrogens is 139 g/mol. The second-order valence-corrected chi connectivity index (χ2v) is 2.85. The third-order valence-corrected chi connectivity index (χ3v) is 2.24. The van der Waals surface area contributed by atoms with Gasteiger partial charge >= 0.3 is 0 Å². The zero-order chi connectivity index (χ0) is 6.69. The van der Waals surface area contributed by atoms with Crippen molar-refractivity contribution in [3.63, 3.8) is 0 Å². The van der Waals surface area contributed by atoms with Crippen molar-refractivity contribution in [3.05, 3.63) is 0 Å². The Morgan fingerprint density at radius 2 is 2.56 bits per heavy atom. The van der Waals surface area contributed by atoms with E-state index in [0.29, 0.717) is 6.61 Å². The van der Waals surface area contributed by atoms with Crippen molar-refractivity contribution in [1.29, 1.82) is 0 Å². The second kappa shape index (κ2) is 3.47. The molecule has 0 aromatic rings. The zero-order valence-electron chi connectivity index (χ0n) is 5.33. The number of rotatable bonds is 1. The van der Waals surface area contributed by atoms with Gasteiger partial charge in [0, 0.05) is 5.92 Å². The van der Waals surface area contributed by atoms with E-state index in [-0.39, 0.29) is 27.7 Å². The van der Waals surface area contributed by atoms with E-state index in [1.165, 1.54) is 0 Å². The van der Waals surface area contributed by atoms with Crippen molar-refractivity contribution in [2.24, 2.45) is 5.92 Å². The van der Waals surface area contributed by atoms with Crippen LogP contribution in [0.5, 0.6) is 0 Å². The Balaban J connectivity index is 2.30. The number of aliphatic hydroxyl groups is 1. The zero-order valence-corrected chi connectivity index (χ0v) is 6.33. The van der Waals surface area contributed by atoms with E-state index in [2.05, 4.69) is 0 Å². The van der Waals surface area contributed by atoms with Crippen LogP contribution in [0.1, 0.15) is 6.92 Å². The molecule has 3 nitrogen and oxygen atoms in total. The lowest BCUT2D eigenvalue weighted by Crippen LogP contribution is -2.28. The molecule has 0 bridgehead atoms. The minimum Gasteiger partial charge on any atom is -0.396 e. The molecular formula is C5H11O3P. The van der Waals surface area contributed by atoms with E-state index in [4.69, 9.17) is 14.2 Å². The first kappa shape index (κ1) is 7.42. The van der Waals surface area contributed by atoms with Crippen LogP contribution >= 0.6 is 9.03 Å². The van der Waals surface area contributed by atoms with Crippen molar-refractivity contribution >= 4 is 9.03 Å². The van der Waals surface area contributed by atoms with Crippen LogP contribution in [0.4, 0.5) is 0 Å². The molecule has 1 N–H and O–H groups in total. The molecule has 1 fully saturated rings. The minimum atomic E-state index is 0.155. The van der Waals surface area contributed by atoms with Gasteiger partial charge in [-0.05, 0) is 6.92 Å². The maximum atomic E-state index is 8.70. The molecule has 0 aromatic carbocycles. The molecule has 1 aliphatic heterocycles. The van der Waals surface area contributed by atoms with Crippen molar-refractivity contribution < 1.29 is 14.2 Å². The van der Waals surface area contributed by atoms with Crippen molar-refractivity contribution in [2.45, 2.75) is 13.0 Å². The fourth-order valence-electron chi connectivity index (χ4n) is 0.684. The molecule has 9 heavy (non-hydrogen) atoms. The highest BCUT2D eigenvalue weighted by molar-refractivity contribution is 7.26. The van der Waals surface area contributed by atoms with Crippen molar-refractivity contribution in [1.82, 2.24) is 0 Å². The third kappa shape index (κ3) is 1.87. The molecule has 1 heterocycles. The van der Waals surface area contributed by atoms with Gasteiger partial charge in [0.1, 0.15) is 0 Å². The molecule has 0 aromatic heterocycles. The van der Waals surface area contributed by atoms with E-state index in [0.717, 1.165) is 0 Å². The van der Waals surface area contributed by atoms with Crippen LogP contribution in [0.3, 0.4) is 0 Å². The summed E-state index contributed by atoms with van der Waals surface area (Å²) in [6, 6.07) is 0. The van der Waals surface area contributed by atoms with E-state index in [9.17, 15) is 0 Å². The van der Waals surface area contributed by atoms with Crippen LogP contribution in [0.25, 0.3) is 0 Å². The quantitative estimate of drug-likeness (QED) is 0.554. The molecule has 1 saturated heterocycles. The van der Waals surface area contributed by atoms with E-state index in [1.54, 1.807) is 0 Å². The molecule has 3 atom stereocenters. The third-order valence-electron chi connectivity index (χ3n) is 1.49. The van der Waals surface area contributed by atoms with Gasteiger partial charge in [-0.1, -0.05) is 0 Å². The lowest BCUT2D eigenvalue weighted by molar-refractivity contribution is 0.0336. The van der Waals surface area contributed by atoms with E-state index in [1.807, 2.05) is 6.92 Å². The fraction of sp³-hybridized carbons (Fsp3) is 1.00. The summed E-state index contributed by atoms with van der Waals surface area (Å²) in [4.78, 5) is 0. The lowest BCUT2D eigenvalue weighted by Gasteiger charge is -2.26. The first-order valence-corrected chi connectivity index (χ1v) is 3.79. The Morgan fingerprint density at radius 1 is 1.78 bits per heavy atom. The monoisotopic (exact) mass is 150 g/mol. The molecule has 1 rings (SSSR count). The Hall–Kier alpha value is 0.310. The SMILES string of the molecule is CC1OPOCC1CO. The summed E-state index contributed by atoms with van der Waals surface area (Å²) in [7, 11) is 0.160. The molecule has 1 aliphatic rings. The normalized spacial score (nSPS) is 39.3. The van der Waals surface area contributed by atoms with Gasteiger partial charge in [0.15, 0.2) is 9.03 Å². The summed E-state index contributed by atoms with van der Waals surface area (Å²) in [5.41, 5.74) is 0. The molecule has 0 amide bonds. The number of hydrogen-bond acceptors (Lipinski definition) is 3. The minimum absolute atomic E-state index is 0.155. The Bertz CT molecular complexity index is 88.3. The molecule has 0 radical (unpaired) electrons. The summed E-state index contributed by atoms with van der Waals surface area (Å²) in [6.07, 6.45) is 0.155. The average molecular weight is 150 g/mol. The first-order valence-electron chi connectivity index (χ1n) is 2.98. The Morgan fingerprint density at radius 3 is 3.00 bits per heavy atom. The van der Waals surface area contributed by atoms with Crippen LogP contribution in [0, 0.1) is 5.92 Å². The van der Waals surface area contributed by atoms with Gasteiger partial charge < -0.3 is 14.2 Å². The average Bonchev–Trinajstić information content (AvgIpc) is 1.89. The summed E-state index contributed by atoms with van der Waals surface area (Å²) in [6.45, 7) is 2.75. The Labute approximate surface area is 56.3 Å². The fourth-order valence-corrected chi connectivity index (χ4v) is 1.38. The summed E-state index contributed by atoms with van der Waals surface area (Å²) < 4.78 is 10.1. The van der Waals surface area contributed by atoms with Crippen LogP contribution in [0.15, 0.2) is 0 Å². The highest BCUT2D eigenvalue weighted by Gasteiger charge is 2.21. The van der Waals surface area contributed by atoms with Gasteiger partial charge in [0.05, 0.1) is 19.3 Å². The lowest BCUT2D eigenvalue weighted by atomic mass is 10.1. The van der Waals surface area contributed by atoms with Crippen LogP contribution in [-0.4, -0.2) is 24.4 Å². The summed E-state index contributed by atoms with van der Waals surface area (Å²) in [5, 5.41) is 8.70. The number of aliphatic hydroxyl groups excluding tert-OH is 1. The van der Waals surface area contributed by atoms with Crippen molar-refractivity contribution in [2.75, 3.05) is 13.2 Å². The standard InChI is InChI=1S/C5H11O3P/c1-4-5(2-6)3-7-9-8-4/h4-6,9H,2-3H2,1H3. The highest BCUT2D eigenvalue weighted by atomic mass is 31.1. The smallest absolute Gasteiger partial charge is 0.155 e. The largest absolute Gasteiger partial charge is 0.396 e. The first-order chi connectivity index (χ1) is 4.34. The second-order valence-electron chi connectivity index (χ2n) is 2.16. The van der Waals surface area contributed by atoms with Gasteiger partial charge in [-0.15, -0.1) is 0 Å². The van der Waals surface area contributed by atoms with Crippen LogP contribution < -0.4 is 0 Å². The topological polar surface area (TPSA) is 38.7 Å². The Kier molecular flexibility index (Phi) is 2.86. The van der Waals surface area contributed by atoms with Gasteiger partial charge in [-0.25, -0.2) is 0 Å².